The van der Waals surface area contributed by atoms with Crippen LogP contribution >= 0.6 is 24.0 Å². The first-order valence-electron chi connectivity index (χ1n) is 9.36. The molecule has 1 unspecified atom stereocenters. The van der Waals surface area contributed by atoms with Gasteiger partial charge in [-0.3, -0.25) is 4.99 Å². The van der Waals surface area contributed by atoms with Gasteiger partial charge in [-0.15, -0.1) is 24.0 Å². The monoisotopic (exact) mass is 497 g/mol. The molecule has 0 heterocycles. The Balaban J connectivity index is 0.00000392. The molecular weight excluding hydrogens is 465 g/mol. The summed E-state index contributed by atoms with van der Waals surface area (Å²) in [4.78, 5) is 4.72. The molecule has 0 amide bonds. The van der Waals surface area contributed by atoms with E-state index in [-0.39, 0.29) is 29.4 Å². The Morgan fingerprint density at radius 2 is 1.82 bits per heavy atom. The third-order valence-corrected chi connectivity index (χ3v) is 4.47. The van der Waals surface area contributed by atoms with E-state index < -0.39 is 6.10 Å². The van der Waals surface area contributed by atoms with Gasteiger partial charge in [0.25, 0.3) is 0 Å². The highest BCUT2D eigenvalue weighted by molar-refractivity contribution is 14.0. The van der Waals surface area contributed by atoms with E-state index in [4.69, 9.17) is 9.73 Å². The van der Waals surface area contributed by atoms with Gasteiger partial charge in [-0.2, -0.15) is 0 Å². The number of aliphatic hydroxyl groups is 1. The normalized spacial score (nSPS) is 12.7. The number of aliphatic imine (C=N–C) groups is 1. The van der Waals surface area contributed by atoms with Crippen LogP contribution in [0.2, 0.25) is 0 Å². The average Bonchev–Trinajstić information content (AvgIpc) is 2.70. The molecule has 0 aromatic heterocycles. The van der Waals surface area contributed by atoms with Crippen molar-refractivity contribution in [3.8, 4) is 5.75 Å². The van der Waals surface area contributed by atoms with Gasteiger partial charge in [0.05, 0.1) is 19.8 Å². The van der Waals surface area contributed by atoms with Crippen molar-refractivity contribution in [1.29, 1.82) is 0 Å². The zero-order valence-electron chi connectivity index (χ0n) is 17.1. The molecule has 0 saturated heterocycles. The largest absolute Gasteiger partial charge is 0.497 e. The third-order valence-electron chi connectivity index (χ3n) is 4.47. The van der Waals surface area contributed by atoms with Gasteiger partial charge in [-0.1, -0.05) is 56.3 Å². The Kier molecular flexibility index (Phi) is 10.3. The maximum atomic E-state index is 10.5. The van der Waals surface area contributed by atoms with Crippen molar-refractivity contribution in [2.24, 2.45) is 4.99 Å². The molecule has 3 N–H and O–H groups in total. The highest BCUT2D eigenvalue weighted by atomic mass is 127. The van der Waals surface area contributed by atoms with E-state index in [1.807, 2.05) is 37.3 Å². The predicted molar refractivity (Wildman–Crippen MR) is 127 cm³/mol. The van der Waals surface area contributed by atoms with Gasteiger partial charge in [0.15, 0.2) is 5.96 Å². The minimum atomic E-state index is -0.647. The van der Waals surface area contributed by atoms with Crippen LogP contribution < -0.4 is 15.4 Å². The molecule has 0 spiro atoms. The number of nitrogens with zero attached hydrogens (tertiary/aromatic N) is 1. The van der Waals surface area contributed by atoms with Crippen molar-refractivity contribution < 1.29 is 9.84 Å². The van der Waals surface area contributed by atoms with Crippen molar-refractivity contribution in [3.63, 3.8) is 0 Å². The molecule has 2 rings (SSSR count). The van der Waals surface area contributed by atoms with Gasteiger partial charge in [-0.05, 0) is 30.2 Å². The number of aliphatic hydroxyl groups excluding tert-OH is 1. The Hall–Kier alpha value is -1.80. The maximum absolute atomic E-state index is 10.5. The van der Waals surface area contributed by atoms with E-state index in [1.165, 1.54) is 5.56 Å². The van der Waals surface area contributed by atoms with E-state index in [2.05, 4.69) is 48.7 Å². The average molecular weight is 497 g/mol. The molecule has 0 fully saturated rings. The summed E-state index contributed by atoms with van der Waals surface area (Å²) >= 11 is 0. The van der Waals surface area contributed by atoms with Crippen LogP contribution in [-0.2, 0) is 5.41 Å². The van der Waals surface area contributed by atoms with Gasteiger partial charge in [0.1, 0.15) is 5.75 Å². The van der Waals surface area contributed by atoms with Gasteiger partial charge >= 0.3 is 0 Å². The molecule has 2 aromatic rings. The topological polar surface area (TPSA) is 65.9 Å². The standard InChI is InChI=1S/C22H31N3O2.HI/c1-5-23-21(25-16-22(2,3)18-11-7-6-8-12-18)24-15-20(26)17-10-9-13-19(14-17)27-4;/h6-14,20,26H,5,15-16H2,1-4H3,(H2,23,24,25);1H. The zero-order valence-corrected chi connectivity index (χ0v) is 19.4. The van der Waals surface area contributed by atoms with Gasteiger partial charge < -0.3 is 20.5 Å². The minimum Gasteiger partial charge on any atom is -0.497 e. The summed E-state index contributed by atoms with van der Waals surface area (Å²) in [5.74, 6) is 1.43. The number of hydrogen-bond donors (Lipinski definition) is 3. The van der Waals surface area contributed by atoms with Crippen molar-refractivity contribution in [2.75, 3.05) is 26.7 Å². The van der Waals surface area contributed by atoms with Crippen LogP contribution in [0, 0.1) is 0 Å². The maximum Gasteiger partial charge on any atom is 0.191 e. The molecular formula is C22H32IN3O2. The van der Waals surface area contributed by atoms with Crippen molar-refractivity contribution in [3.05, 3.63) is 65.7 Å². The quantitative estimate of drug-likeness (QED) is 0.294. The van der Waals surface area contributed by atoms with E-state index in [9.17, 15) is 5.11 Å². The lowest BCUT2D eigenvalue weighted by Crippen LogP contribution is -2.40. The second kappa shape index (κ2) is 11.9. The summed E-state index contributed by atoms with van der Waals surface area (Å²) in [6.45, 7) is 8.15. The summed E-state index contributed by atoms with van der Waals surface area (Å²) in [7, 11) is 1.62. The lowest BCUT2D eigenvalue weighted by molar-refractivity contribution is 0.180. The van der Waals surface area contributed by atoms with E-state index in [0.717, 1.165) is 17.9 Å². The molecule has 0 radical (unpaired) electrons. The number of benzene rings is 2. The Labute approximate surface area is 185 Å². The van der Waals surface area contributed by atoms with Crippen LogP contribution in [0.5, 0.6) is 5.75 Å². The fourth-order valence-electron chi connectivity index (χ4n) is 2.76. The number of ether oxygens (including phenoxy) is 1. The third kappa shape index (κ3) is 7.31. The fraction of sp³-hybridized carbons (Fsp3) is 0.409. The van der Waals surface area contributed by atoms with Crippen LogP contribution in [0.4, 0.5) is 0 Å². The second-order valence-corrected chi connectivity index (χ2v) is 7.12. The molecule has 5 nitrogen and oxygen atoms in total. The molecule has 2 aromatic carbocycles. The number of guanidine groups is 1. The van der Waals surface area contributed by atoms with Gasteiger partial charge in [0, 0.05) is 18.5 Å². The van der Waals surface area contributed by atoms with Crippen LogP contribution in [-0.4, -0.2) is 37.8 Å². The van der Waals surface area contributed by atoms with Crippen LogP contribution in [0.1, 0.15) is 38.0 Å². The summed E-state index contributed by atoms with van der Waals surface area (Å²) in [6.07, 6.45) is -0.647. The minimum absolute atomic E-state index is 0. The second-order valence-electron chi connectivity index (χ2n) is 7.12. The van der Waals surface area contributed by atoms with E-state index in [0.29, 0.717) is 19.0 Å². The highest BCUT2D eigenvalue weighted by Gasteiger charge is 2.20. The Bertz CT molecular complexity index is 736. The fourth-order valence-corrected chi connectivity index (χ4v) is 2.76. The van der Waals surface area contributed by atoms with Crippen LogP contribution in [0.3, 0.4) is 0 Å². The summed E-state index contributed by atoms with van der Waals surface area (Å²) in [6, 6.07) is 17.8. The number of nitrogens with one attached hydrogen (secondary N) is 2. The highest BCUT2D eigenvalue weighted by Crippen LogP contribution is 2.23. The van der Waals surface area contributed by atoms with E-state index in [1.54, 1.807) is 7.11 Å². The predicted octanol–water partition coefficient (Wildman–Crippen LogP) is 3.88. The van der Waals surface area contributed by atoms with Crippen LogP contribution in [0.15, 0.2) is 59.6 Å². The number of hydrogen-bond acceptors (Lipinski definition) is 3. The van der Waals surface area contributed by atoms with E-state index >= 15 is 0 Å². The molecule has 0 bridgehead atoms. The first kappa shape index (κ1) is 24.2. The summed E-state index contributed by atoms with van der Waals surface area (Å²) < 4.78 is 5.22. The van der Waals surface area contributed by atoms with Crippen molar-refractivity contribution in [1.82, 2.24) is 10.6 Å². The van der Waals surface area contributed by atoms with Crippen LogP contribution in [0.25, 0.3) is 0 Å². The molecule has 28 heavy (non-hydrogen) atoms. The summed E-state index contributed by atoms with van der Waals surface area (Å²) in [5.41, 5.74) is 1.98. The molecule has 0 saturated carbocycles. The zero-order chi connectivity index (χ0) is 19.7. The summed E-state index contributed by atoms with van der Waals surface area (Å²) in [5, 5.41) is 16.9. The lowest BCUT2D eigenvalue weighted by Gasteiger charge is -2.24. The molecule has 6 heteroatoms. The molecule has 0 aliphatic rings. The molecule has 1 atom stereocenters. The smallest absolute Gasteiger partial charge is 0.191 e. The van der Waals surface area contributed by atoms with Gasteiger partial charge in [-0.25, -0.2) is 0 Å². The molecule has 0 aliphatic heterocycles. The SMILES string of the molecule is CCNC(=NCC(C)(C)c1ccccc1)NCC(O)c1cccc(OC)c1.I. The Morgan fingerprint density at radius 1 is 1.11 bits per heavy atom. The Morgan fingerprint density at radius 3 is 2.46 bits per heavy atom. The number of halogens is 1. The first-order valence-corrected chi connectivity index (χ1v) is 9.36. The lowest BCUT2D eigenvalue weighted by atomic mass is 9.85. The van der Waals surface area contributed by atoms with Crippen molar-refractivity contribution >= 4 is 29.9 Å². The number of methoxy groups -OCH3 is 1. The molecule has 0 aliphatic carbocycles. The molecule has 154 valence electrons. The van der Waals surface area contributed by atoms with Gasteiger partial charge in [0.2, 0.25) is 0 Å². The number of rotatable bonds is 8. The van der Waals surface area contributed by atoms with Crippen molar-refractivity contribution in [2.45, 2.75) is 32.3 Å². The first-order chi connectivity index (χ1) is 13.0.